The Morgan fingerprint density at radius 1 is 1.19 bits per heavy atom. The summed E-state index contributed by atoms with van der Waals surface area (Å²) in [5.41, 5.74) is 6.34. The van der Waals surface area contributed by atoms with Gasteiger partial charge in [-0.3, -0.25) is 0 Å². The van der Waals surface area contributed by atoms with E-state index in [-0.39, 0.29) is 5.75 Å². The molecular formula is C10H9NO4S. The molecule has 0 radical (unpaired) electrons. The summed E-state index contributed by atoms with van der Waals surface area (Å²) in [6, 6.07) is 8.48. The molecule has 0 unspecified atom stereocenters. The minimum Gasteiger partial charge on any atom is -0.507 e. The molecule has 0 aliphatic carbocycles. The third kappa shape index (κ3) is 2.05. The number of phenols is 1. The molecule has 6 heteroatoms. The van der Waals surface area contributed by atoms with Crippen LogP contribution in [-0.4, -0.2) is 10.4 Å². The SMILES string of the molecule is Nc1cccc2c(O)cc(SOOO)cc12. The van der Waals surface area contributed by atoms with Crippen LogP contribution < -0.4 is 5.73 Å². The zero-order valence-corrected chi connectivity index (χ0v) is 8.90. The Morgan fingerprint density at radius 3 is 2.75 bits per heavy atom. The maximum Gasteiger partial charge on any atom is 0.124 e. The van der Waals surface area contributed by atoms with Crippen molar-refractivity contribution < 1.29 is 19.7 Å². The Kier molecular flexibility index (Phi) is 3.16. The van der Waals surface area contributed by atoms with Crippen LogP contribution in [0.4, 0.5) is 5.69 Å². The number of rotatable bonds is 3. The van der Waals surface area contributed by atoms with E-state index >= 15 is 0 Å². The molecular weight excluding hydrogens is 230 g/mol. The Balaban J connectivity index is 2.52. The second-order valence-electron chi connectivity index (χ2n) is 3.11. The molecule has 0 saturated heterocycles. The van der Waals surface area contributed by atoms with Gasteiger partial charge in [0.25, 0.3) is 0 Å². The second-order valence-corrected chi connectivity index (χ2v) is 3.88. The highest BCUT2D eigenvalue weighted by atomic mass is 32.2. The topological polar surface area (TPSA) is 84.9 Å². The van der Waals surface area contributed by atoms with Crippen molar-refractivity contribution in [2.75, 3.05) is 5.73 Å². The zero-order chi connectivity index (χ0) is 11.5. The fraction of sp³-hybridized carbons (Fsp3) is 0. The lowest BCUT2D eigenvalue weighted by atomic mass is 10.1. The average molecular weight is 239 g/mol. The molecule has 2 aromatic carbocycles. The van der Waals surface area contributed by atoms with Crippen LogP contribution in [0.25, 0.3) is 10.8 Å². The number of phenolic OH excluding ortho intramolecular Hbond substituents is 1. The molecule has 0 atom stereocenters. The second kappa shape index (κ2) is 4.58. The number of benzene rings is 2. The van der Waals surface area contributed by atoms with Crippen molar-refractivity contribution in [1.82, 2.24) is 0 Å². The van der Waals surface area contributed by atoms with Crippen molar-refractivity contribution in [3.63, 3.8) is 0 Å². The summed E-state index contributed by atoms with van der Waals surface area (Å²) in [6.45, 7) is 0. The highest BCUT2D eigenvalue weighted by Crippen LogP contribution is 2.34. The van der Waals surface area contributed by atoms with Crippen LogP contribution in [-0.2, 0) is 9.37 Å². The first-order chi connectivity index (χ1) is 7.72. The van der Waals surface area contributed by atoms with Crippen molar-refractivity contribution in [3.8, 4) is 5.75 Å². The van der Waals surface area contributed by atoms with Gasteiger partial charge >= 0.3 is 0 Å². The Labute approximate surface area is 95.5 Å². The molecule has 0 amide bonds. The molecule has 0 spiro atoms. The fourth-order valence-corrected chi connectivity index (χ4v) is 1.90. The molecule has 0 saturated carbocycles. The van der Waals surface area contributed by atoms with E-state index in [1.165, 1.54) is 6.07 Å². The summed E-state index contributed by atoms with van der Waals surface area (Å²) in [5.74, 6) is 0.0915. The van der Waals surface area contributed by atoms with Gasteiger partial charge in [-0.2, -0.15) is 0 Å². The van der Waals surface area contributed by atoms with Crippen molar-refractivity contribution >= 4 is 28.5 Å². The van der Waals surface area contributed by atoms with Gasteiger partial charge in [0.05, 0.1) is 12.0 Å². The van der Waals surface area contributed by atoms with Crippen molar-refractivity contribution in [2.24, 2.45) is 0 Å². The van der Waals surface area contributed by atoms with Gasteiger partial charge in [-0.25, -0.2) is 5.26 Å². The van der Waals surface area contributed by atoms with Crippen LogP contribution in [0.1, 0.15) is 0 Å². The molecule has 2 rings (SSSR count). The molecule has 0 aliphatic heterocycles. The first kappa shape index (κ1) is 11.0. The Bertz CT molecular complexity index is 517. The lowest BCUT2D eigenvalue weighted by molar-refractivity contribution is -0.432. The number of anilines is 1. The summed E-state index contributed by atoms with van der Waals surface area (Å²) < 4.78 is 4.28. The summed E-state index contributed by atoms with van der Waals surface area (Å²) >= 11 is 0.770. The standard InChI is InChI=1S/C10H9NO4S/c11-9-3-1-2-7-8(9)4-6(5-10(7)12)16-15-14-13/h1-5,12-13H,11H2. The summed E-state index contributed by atoms with van der Waals surface area (Å²) in [4.78, 5) is 0.567. The number of fused-ring (bicyclic) bond motifs is 1. The molecule has 16 heavy (non-hydrogen) atoms. The Morgan fingerprint density at radius 2 is 2.00 bits per heavy atom. The van der Waals surface area contributed by atoms with Gasteiger partial charge in [0.15, 0.2) is 0 Å². The highest BCUT2D eigenvalue weighted by molar-refractivity contribution is 7.94. The number of nitrogen functional groups attached to an aromatic ring is 1. The van der Waals surface area contributed by atoms with Crippen LogP contribution in [0.5, 0.6) is 5.75 Å². The summed E-state index contributed by atoms with van der Waals surface area (Å²) in [5, 5.41) is 22.6. The van der Waals surface area contributed by atoms with Crippen LogP contribution in [0.3, 0.4) is 0 Å². The van der Waals surface area contributed by atoms with Gasteiger partial charge in [-0.05, 0) is 18.2 Å². The first-order valence-electron chi connectivity index (χ1n) is 4.38. The number of hydrogen-bond donors (Lipinski definition) is 3. The molecule has 2 aromatic rings. The first-order valence-corrected chi connectivity index (χ1v) is 5.12. The lowest BCUT2D eigenvalue weighted by Gasteiger charge is -2.06. The van der Waals surface area contributed by atoms with E-state index in [1.807, 2.05) is 0 Å². The quantitative estimate of drug-likeness (QED) is 0.330. The van der Waals surface area contributed by atoms with Crippen molar-refractivity contribution in [1.29, 1.82) is 0 Å². The minimum absolute atomic E-state index is 0.0915. The monoisotopic (exact) mass is 239 g/mol. The van der Waals surface area contributed by atoms with E-state index in [1.54, 1.807) is 24.3 Å². The van der Waals surface area contributed by atoms with E-state index in [0.717, 1.165) is 12.0 Å². The van der Waals surface area contributed by atoms with Gasteiger partial charge in [-0.1, -0.05) is 17.2 Å². The number of nitrogens with two attached hydrogens (primary N) is 1. The van der Waals surface area contributed by atoms with E-state index in [9.17, 15) is 5.11 Å². The van der Waals surface area contributed by atoms with Gasteiger partial charge in [0, 0.05) is 21.4 Å². The predicted molar refractivity (Wildman–Crippen MR) is 60.7 cm³/mol. The normalized spacial score (nSPS) is 10.8. The molecule has 0 aliphatic rings. The minimum atomic E-state index is 0.0915. The third-order valence-electron chi connectivity index (χ3n) is 2.14. The zero-order valence-electron chi connectivity index (χ0n) is 8.08. The van der Waals surface area contributed by atoms with Crippen LogP contribution >= 0.6 is 12.0 Å². The molecule has 0 bridgehead atoms. The van der Waals surface area contributed by atoms with Crippen LogP contribution in [0.15, 0.2) is 35.2 Å². The maximum absolute atomic E-state index is 9.75. The largest absolute Gasteiger partial charge is 0.507 e. The fourth-order valence-electron chi connectivity index (χ4n) is 1.47. The van der Waals surface area contributed by atoms with Crippen molar-refractivity contribution in [3.05, 3.63) is 30.3 Å². The number of hydrogen-bond acceptors (Lipinski definition) is 6. The average Bonchev–Trinajstić information content (AvgIpc) is 2.28. The molecule has 0 heterocycles. The molecule has 84 valence electrons. The Hall–Kier alpha value is -1.47. The molecule has 5 nitrogen and oxygen atoms in total. The lowest BCUT2D eigenvalue weighted by Crippen LogP contribution is -1.87. The van der Waals surface area contributed by atoms with Crippen molar-refractivity contribution in [2.45, 2.75) is 4.90 Å². The van der Waals surface area contributed by atoms with E-state index in [0.29, 0.717) is 21.4 Å². The van der Waals surface area contributed by atoms with Crippen LogP contribution in [0, 0.1) is 0 Å². The molecule has 0 aromatic heterocycles. The van der Waals surface area contributed by atoms with Gasteiger partial charge in [0.1, 0.15) is 5.75 Å². The van der Waals surface area contributed by atoms with E-state index in [4.69, 9.17) is 11.0 Å². The molecule has 4 N–H and O–H groups in total. The van der Waals surface area contributed by atoms with E-state index in [2.05, 4.69) is 9.37 Å². The van der Waals surface area contributed by atoms with Crippen LogP contribution in [0.2, 0.25) is 0 Å². The third-order valence-corrected chi connectivity index (χ3v) is 2.70. The smallest absolute Gasteiger partial charge is 0.124 e. The highest BCUT2D eigenvalue weighted by Gasteiger charge is 2.06. The van der Waals surface area contributed by atoms with Gasteiger partial charge in [-0.15, -0.1) is 4.33 Å². The number of aromatic hydroxyl groups is 1. The summed E-state index contributed by atoms with van der Waals surface area (Å²) in [6.07, 6.45) is 0. The maximum atomic E-state index is 9.75. The molecule has 0 fully saturated rings. The van der Waals surface area contributed by atoms with Gasteiger partial charge in [0.2, 0.25) is 0 Å². The van der Waals surface area contributed by atoms with Gasteiger partial charge < -0.3 is 10.8 Å². The summed E-state index contributed by atoms with van der Waals surface area (Å²) in [7, 11) is 0. The predicted octanol–water partition coefficient (Wildman–Crippen LogP) is 2.56. The van der Waals surface area contributed by atoms with E-state index < -0.39 is 0 Å².